The number of thioether (sulfide) groups is 1. The second kappa shape index (κ2) is 7.66. The molecule has 0 aliphatic carbocycles. The van der Waals surface area contributed by atoms with E-state index in [1.54, 1.807) is 12.1 Å². The van der Waals surface area contributed by atoms with Crippen LogP contribution in [-0.4, -0.2) is 34.0 Å². The van der Waals surface area contributed by atoms with Gasteiger partial charge in [0.2, 0.25) is 0 Å². The molecule has 6 nitrogen and oxygen atoms in total. The average molecular weight is 399 g/mol. The molecule has 0 spiro atoms. The van der Waals surface area contributed by atoms with Crippen LogP contribution < -0.4 is 0 Å². The molecule has 138 valence electrons. The number of carbonyl (C=O) groups is 1. The van der Waals surface area contributed by atoms with Crippen molar-refractivity contribution in [3.63, 3.8) is 0 Å². The first kappa shape index (κ1) is 17.9. The van der Waals surface area contributed by atoms with Gasteiger partial charge >= 0.3 is 0 Å². The number of rotatable bonds is 3. The van der Waals surface area contributed by atoms with Crippen LogP contribution in [0.1, 0.15) is 24.1 Å². The molecule has 0 atom stereocenters. The van der Waals surface area contributed by atoms with E-state index in [1.165, 1.54) is 35.6 Å². The standard InChI is InChI=1S/C19H17N3O3S2/c23-18-17(27-19(20-18)21-9-2-1-3-10-21)12-15-7-8-16(26-15)13-5-4-6-14(11-13)22(24)25/h4-8,11-12H,1-3,9-10H2/b17-12-. The van der Waals surface area contributed by atoms with E-state index < -0.39 is 4.92 Å². The van der Waals surface area contributed by atoms with E-state index in [-0.39, 0.29) is 11.6 Å². The highest BCUT2D eigenvalue weighted by atomic mass is 32.2. The van der Waals surface area contributed by atoms with Gasteiger partial charge < -0.3 is 4.90 Å². The second-order valence-electron chi connectivity index (χ2n) is 6.37. The van der Waals surface area contributed by atoms with Crippen molar-refractivity contribution in [2.45, 2.75) is 19.3 Å². The molecule has 0 radical (unpaired) electrons. The van der Waals surface area contributed by atoms with E-state index in [0.29, 0.717) is 4.91 Å². The first-order valence-electron chi connectivity index (χ1n) is 8.72. The molecule has 0 N–H and O–H groups in total. The van der Waals surface area contributed by atoms with Crippen molar-refractivity contribution < 1.29 is 9.72 Å². The summed E-state index contributed by atoms with van der Waals surface area (Å²) < 4.78 is 0. The zero-order chi connectivity index (χ0) is 18.8. The molecule has 1 amide bonds. The van der Waals surface area contributed by atoms with Crippen LogP contribution in [0.25, 0.3) is 16.5 Å². The molecular formula is C19H17N3O3S2. The Hall–Kier alpha value is -2.45. The maximum Gasteiger partial charge on any atom is 0.286 e. The van der Waals surface area contributed by atoms with Crippen molar-refractivity contribution in [2.24, 2.45) is 4.99 Å². The number of amidine groups is 1. The van der Waals surface area contributed by atoms with Gasteiger partial charge in [-0.3, -0.25) is 14.9 Å². The highest BCUT2D eigenvalue weighted by Crippen LogP contribution is 2.35. The van der Waals surface area contributed by atoms with Gasteiger partial charge in [-0.05, 0) is 54.8 Å². The Kier molecular flexibility index (Phi) is 5.09. The Balaban J connectivity index is 1.52. The van der Waals surface area contributed by atoms with Gasteiger partial charge in [0.15, 0.2) is 5.17 Å². The maximum atomic E-state index is 12.3. The fourth-order valence-corrected chi connectivity index (χ4v) is 5.08. The Labute approximate surface area is 164 Å². The number of hydrogen-bond acceptors (Lipinski definition) is 6. The molecule has 0 saturated carbocycles. The van der Waals surface area contributed by atoms with Gasteiger partial charge in [0, 0.05) is 35.0 Å². The number of amides is 1. The van der Waals surface area contributed by atoms with Crippen LogP contribution in [0.2, 0.25) is 0 Å². The monoisotopic (exact) mass is 399 g/mol. The summed E-state index contributed by atoms with van der Waals surface area (Å²) in [6.45, 7) is 1.92. The molecule has 1 aromatic carbocycles. The molecule has 8 heteroatoms. The van der Waals surface area contributed by atoms with E-state index in [2.05, 4.69) is 9.89 Å². The highest BCUT2D eigenvalue weighted by Gasteiger charge is 2.27. The fraction of sp³-hybridized carbons (Fsp3) is 0.263. The number of nitro groups is 1. The summed E-state index contributed by atoms with van der Waals surface area (Å²) in [5, 5.41) is 11.8. The van der Waals surface area contributed by atoms with E-state index in [0.717, 1.165) is 46.4 Å². The van der Waals surface area contributed by atoms with Crippen LogP contribution in [0.5, 0.6) is 0 Å². The molecule has 0 bridgehead atoms. The largest absolute Gasteiger partial charge is 0.351 e. The normalized spacial score (nSPS) is 18.8. The lowest BCUT2D eigenvalue weighted by Gasteiger charge is -2.27. The van der Waals surface area contributed by atoms with Gasteiger partial charge in [0.1, 0.15) is 0 Å². The van der Waals surface area contributed by atoms with E-state index in [4.69, 9.17) is 0 Å². The van der Waals surface area contributed by atoms with Gasteiger partial charge in [0.25, 0.3) is 11.6 Å². The molecule has 2 aromatic rings. The average Bonchev–Trinajstić information content (AvgIpc) is 3.30. The number of likely N-dealkylation sites (tertiary alicyclic amines) is 1. The van der Waals surface area contributed by atoms with Crippen molar-refractivity contribution in [3.8, 4) is 10.4 Å². The number of aliphatic imine (C=N–C) groups is 1. The molecule has 0 unspecified atom stereocenters. The lowest BCUT2D eigenvalue weighted by Crippen LogP contribution is -2.33. The second-order valence-corrected chi connectivity index (χ2v) is 8.49. The molecule has 4 rings (SSSR count). The number of carbonyl (C=O) groups excluding carboxylic acids is 1. The third-order valence-electron chi connectivity index (χ3n) is 4.48. The number of nitro benzene ring substituents is 1. The molecule has 3 heterocycles. The highest BCUT2D eigenvalue weighted by molar-refractivity contribution is 8.18. The molecule has 1 fully saturated rings. The van der Waals surface area contributed by atoms with Gasteiger partial charge in [-0.15, -0.1) is 11.3 Å². The minimum atomic E-state index is -0.396. The number of hydrogen-bond donors (Lipinski definition) is 0. The molecule has 2 aliphatic heterocycles. The minimum Gasteiger partial charge on any atom is -0.351 e. The first-order valence-corrected chi connectivity index (χ1v) is 10.4. The molecule has 1 saturated heterocycles. The van der Waals surface area contributed by atoms with Gasteiger partial charge in [-0.2, -0.15) is 4.99 Å². The third-order valence-corrected chi connectivity index (χ3v) is 6.60. The van der Waals surface area contributed by atoms with Crippen molar-refractivity contribution in [2.75, 3.05) is 13.1 Å². The molecule has 1 aromatic heterocycles. The van der Waals surface area contributed by atoms with Crippen LogP contribution in [-0.2, 0) is 4.79 Å². The summed E-state index contributed by atoms with van der Waals surface area (Å²) in [6.07, 6.45) is 5.38. The van der Waals surface area contributed by atoms with Crippen LogP contribution >= 0.6 is 23.1 Å². The quantitative estimate of drug-likeness (QED) is 0.422. The number of thiophene rings is 1. The molecular weight excluding hydrogens is 382 g/mol. The summed E-state index contributed by atoms with van der Waals surface area (Å²) in [6, 6.07) is 10.4. The predicted octanol–water partition coefficient (Wildman–Crippen LogP) is 4.78. The van der Waals surface area contributed by atoms with Crippen molar-refractivity contribution >= 4 is 45.9 Å². The smallest absolute Gasteiger partial charge is 0.286 e. The molecule has 27 heavy (non-hydrogen) atoms. The summed E-state index contributed by atoms with van der Waals surface area (Å²) in [5.41, 5.74) is 0.872. The summed E-state index contributed by atoms with van der Waals surface area (Å²) in [4.78, 5) is 31.7. The Bertz CT molecular complexity index is 959. The topological polar surface area (TPSA) is 75.8 Å². The lowest BCUT2D eigenvalue weighted by atomic mass is 10.1. The van der Waals surface area contributed by atoms with Crippen molar-refractivity contribution in [1.82, 2.24) is 4.90 Å². The number of non-ortho nitro benzene ring substituents is 1. The zero-order valence-electron chi connectivity index (χ0n) is 14.5. The number of piperidine rings is 1. The maximum absolute atomic E-state index is 12.3. The van der Waals surface area contributed by atoms with Gasteiger partial charge in [-0.25, -0.2) is 0 Å². The van der Waals surface area contributed by atoms with Crippen LogP contribution in [0.15, 0.2) is 46.3 Å². The van der Waals surface area contributed by atoms with Gasteiger partial charge in [-0.1, -0.05) is 12.1 Å². The van der Waals surface area contributed by atoms with Crippen LogP contribution in [0.4, 0.5) is 5.69 Å². The first-order chi connectivity index (χ1) is 13.1. The van der Waals surface area contributed by atoms with Crippen molar-refractivity contribution in [3.05, 3.63) is 56.3 Å². The minimum absolute atomic E-state index is 0.0712. The predicted molar refractivity (Wildman–Crippen MR) is 110 cm³/mol. The van der Waals surface area contributed by atoms with E-state index >= 15 is 0 Å². The Morgan fingerprint density at radius 2 is 1.96 bits per heavy atom. The van der Waals surface area contributed by atoms with Crippen molar-refractivity contribution in [1.29, 1.82) is 0 Å². The summed E-state index contributed by atoms with van der Waals surface area (Å²) in [7, 11) is 0. The molecule has 2 aliphatic rings. The number of nitrogens with zero attached hydrogens (tertiary/aromatic N) is 3. The summed E-state index contributed by atoms with van der Waals surface area (Å²) >= 11 is 2.94. The van der Waals surface area contributed by atoms with Crippen LogP contribution in [0, 0.1) is 10.1 Å². The summed E-state index contributed by atoms with van der Waals surface area (Å²) in [5.74, 6) is -0.189. The lowest BCUT2D eigenvalue weighted by molar-refractivity contribution is -0.384. The van der Waals surface area contributed by atoms with E-state index in [9.17, 15) is 14.9 Å². The number of benzene rings is 1. The fourth-order valence-electron chi connectivity index (χ4n) is 3.11. The van der Waals surface area contributed by atoms with Crippen LogP contribution in [0.3, 0.4) is 0 Å². The van der Waals surface area contributed by atoms with Gasteiger partial charge in [0.05, 0.1) is 9.83 Å². The zero-order valence-corrected chi connectivity index (χ0v) is 16.1. The Morgan fingerprint density at radius 1 is 1.15 bits per heavy atom. The third kappa shape index (κ3) is 3.96. The Morgan fingerprint density at radius 3 is 2.74 bits per heavy atom. The van der Waals surface area contributed by atoms with E-state index in [1.807, 2.05) is 24.3 Å². The SMILES string of the molecule is O=C1N=C(N2CCCCC2)S/C1=C\c1ccc(-c2cccc([N+](=O)[O-])c2)s1.